The molecule has 2 atom stereocenters. The number of methoxy groups -OCH3 is 1. The Morgan fingerprint density at radius 1 is 1.23 bits per heavy atom. The number of hydrogen-bond donors (Lipinski definition) is 2. The van der Waals surface area contributed by atoms with Gasteiger partial charge in [0.15, 0.2) is 5.75 Å². The van der Waals surface area contributed by atoms with E-state index in [2.05, 4.69) is 17.1 Å². The van der Waals surface area contributed by atoms with Crippen molar-refractivity contribution in [1.29, 1.82) is 0 Å². The molecule has 1 aromatic heterocycles. The number of carboxylic acid groups (broad SMARTS) is 1. The summed E-state index contributed by atoms with van der Waals surface area (Å²) in [5.74, 6) is 0.637. The number of aromatic nitrogens is 1. The van der Waals surface area contributed by atoms with Crippen molar-refractivity contribution in [3.05, 3.63) is 34.1 Å². The summed E-state index contributed by atoms with van der Waals surface area (Å²) in [5.41, 5.74) is 1.09. The summed E-state index contributed by atoms with van der Waals surface area (Å²) >= 11 is 0. The van der Waals surface area contributed by atoms with Crippen molar-refractivity contribution in [3.8, 4) is 5.75 Å². The highest BCUT2D eigenvalue weighted by Gasteiger charge is 2.34. The van der Waals surface area contributed by atoms with Crippen LogP contribution in [0.5, 0.6) is 5.75 Å². The van der Waals surface area contributed by atoms with Crippen LogP contribution in [0.4, 0.5) is 5.69 Å². The fourth-order valence-corrected chi connectivity index (χ4v) is 4.75. The van der Waals surface area contributed by atoms with Crippen LogP contribution in [0.1, 0.15) is 49.0 Å². The van der Waals surface area contributed by atoms with Gasteiger partial charge in [-0.25, -0.2) is 4.79 Å². The zero-order valence-electron chi connectivity index (χ0n) is 17.6. The molecule has 0 amide bonds. The first-order valence-corrected chi connectivity index (χ1v) is 11.0. The normalized spacial score (nSPS) is 23.9. The quantitative estimate of drug-likeness (QED) is 0.729. The summed E-state index contributed by atoms with van der Waals surface area (Å²) in [6.45, 7) is 5.22. The van der Waals surface area contributed by atoms with Crippen LogP contribution in [-0.2, 0) is 0 Å². The minimum Gasteiger partial charge on any atom is -0.492 e. The molecule has 2 N–H and O–H groups in total. The Morgan fingerprint density at radius 2 is 2.00 bits per heavy atom. The van der Waals surface area contributed by atoms with E-state index in [1.807, 2.05) is 10.6 Å². The summed E-state index contributed by atoms with van der Waals surface area (Å²) < 4.78 is 7.81. The fraction of sp³-hybridized carbons (Fsp3) is 0.565. The molecule has 5 rings (SSSR count). The van der Waals surface area contributed by atoms with Crippen LogP contribution in [0.15, 0.2) is 23.1 Å². The summed E-state index contributed by atoms with van der Waals surface area (Å²) in [4.78, 5) is 26.8. The van der Waals surface area contributed by atoms with E-state index in [1.165, 1.54) is 19.0 Å². The van der Waals surface area contributed by atoms with Gasteiger partial charge in [0.1, 0.15) is 5.56 Å². The van der Waals surface area contributed by atoms with E-state index < -0.39 is 11.4 Å². The van der Waals surface area contributed by atoms with Crippen molar-refractivity contribution in [2.24, 2.45) is 11.8 Å². The maximum Gasteiger partial charge on any atom is 0.341 e. The highest BCUT2D eigenvalue weighted by molar-refractivity contribution is 5.97. The number of nitrogens with one attached hydrogen (secondary N) is 1. The molecule has 0 spiro atoms. The first-order valence-electron chi connectivity index (χ1n) is 11.0. The van der Waals surface area contributed by atoms with E-state index in [-0.39, 0.29) is 11.6 Å². The first-order chi connectivity index (χ1) is 14.5. The van der Waals surface area contributed by atoms with Crippen LogP contribution in [0, 0.1) is 11.8 Å². The average Bonchev–Trinajstić information content (AvgIpc) is 3.64. The van der Waals surface area contributed by atoms with Crippen LogP contribution in [0.3, 0.4) is 0 Å². The van der Waals surface area contributed by atoms with E-state index >= 15 is 0 Å². The molecule has 1 saturated heterocycles. The number of anilines is 1. The Bertz CT molecular complexity index is 1050. The lowest BCUT2D eigenvalue weighted by atomic mass is 9.98. The second-order valence-electron chi connectivity index (χ2n) is 9.15. The third-order valence-corrected chi connectivity index (χ3v) is 6.86. The van der Waals surface area contributed by atoms with Crippen molar-refractivity contribution >= 4 is 22.6 Å². The van der Waals surface area contributed by atoms with Gasteiger partial charge in [0.2, 0.25) is 5.43 Å². The van der Waals surface area contributed by atoms with Crippen molar-refractivity contribution in [1.82, 2.24) is 9.88 Å². The summed E-state index contributed by atoms with van der Waals surface area (Å²) in [5, 5.41) is 13.6. The largest absolute Gasteiger partial charge is 0.492 e. The molecule has 7 nitrogen and oxygen atoms in total. The minimum atomic E-state index is -1.18. The van der Waals surface area contributed by atoms with Gasteiger partial charge in [-0.3, -0.25) is 4.79 Å². The van der Waals surface area contributed by atoms with Gasteiger partial charge in [0, 0.05) is 37.9 Å². The van der Waals surface area contributed by atoms with E-state index in [9.17, 15) is 14.7 Å². The lowest BCUT2D eigenvalue weighted by Gasteiger charge is -2.24. The maximum absolute atomic E-state index is 12.9. The highest BCUT2D eigenvalue weighted by Crippen LogP contribution is 2.43. The van der Waals surface area contributed by atoms with Crippen LogP contribution in [0.2, 0.25) is 0 Å². The number of benzene rings is 1. The van der Waals surface area contributed by atoms with E-state index in [4.69, 9.17) is 4.74 Å². The lowest BCUT2D eigenvalue weighted by Crippen LogP contribution is -2.29. The molecule has 2 heterocycles. The van der Waals surface area contributed by atoms with Crippen LogP contribution < -0.4 is 20.4 Å². The van der Waals surface area contributed by atoms with Gasteiger partial charge in [0.25, 0.3) is 0 Å². The second-order valence-corrected chi connectivity index (χ2v) is 9.15. The smallest absolute Gasteiger partial charge is 0.341 e. The van der Waals surface area contributed by atoms with Gasteiger partial charge in [-0.05, 0) is 49.7 Å². The molecule has 0 bridgehead atoms. The minimum absolute atomic E-state index is 0.176. The van der Waals surface area contributed by atoms with Crippen molar-refractivity contribution in [2.45, 2.75) is 44.7 Å². The van der Waals surface area contributed by atoms with Gasteiger partial charge in [-0.15, -0.1) is 0 Å². The van der Waals surface area contributed by atoms with Crippen LogP contribution >= 0.6 is 0 Å². The topological polar surface area (TPSA) is 83.8 Å². The number of hydrogen-bond acceptors (Lipinski definition) is 5. The van der Waals surface area contributed by atoms with Crippen molar-refractivity contribution < 1.29 is 14.6 Å². The molecule has 1 aliphatic heterocycles. The zero-order chi connectivity index (χ0) is 21.0. The third-order valence-electron chi connectivity index (χ3n) is 6.86. The number of carbonyl (C=O) groups is 1. The number of pyridine rings is 1. The van der Waals surface area contributed by atoms with Gasteiger partial charge in [-0.1, -0.05) is 6.92 Å². The van der Waals surface area contributed by atoms with Gasteiger partial charge in [0.05, 0.1) is 23.7 Å². The monoisotopic (exact) mass is 411 g/mol. The lowest BCUT2D eigenvalue weighted by molar-refractivity contribution is 0.0695. The number of ether oxygens (including phenoxy) is 1. The molecular formula is C23H29N3O4. The summed E-state index contributed by atoms with van der Waals surface area (Å²) in [6, 6.07) is 4.64. The van der Waals surface area contributed by atoms with Gasteiger partial charge >= 0.3 is 5.97 Å². The Balaban J connectivity index is 1.56. The molecular weight excluding hydrogens is 382 g/mol. The Morgan fingerprint density at radius 3 is 2.63 bits per heavy atom. The van der Waals surface area contributed by atoms with Crippen LogP contribution in [-0.4, -0.2) is 48.4 Å². The Hall–Kier alpha value is -2.54. The molecule has 3 fully saturated rings. The molecule has 30 heavy (non-hydrogen) atoms. The molecule has 2 aromatic rings. The fourth-order valence-electron chi connectivity index (χ4n) is 4.75. The SMILES string of the molecule is COc1c(N2C[C@@H](CNC3CC3)[C@@H](C)C2)ccc2c(=O)c(C(=O)O)cn(C3CC3)c12. The molecule has 0 unspecified atom stereocenters. The third kappa shape index (κ3) is 3.35. The van der Waals surface area contributed by atoms with E-state index in [0.717, 1.165) is 43.7 Å². The van der Waals surface area contributed by atoms with Crippen molar-refractivity contribution in [3.63, 3.8) is 0 Å². The average molecular weight is 412 g/mol. The molecule has 7 heteroatoms. The maximum atomic E-state index is 12.9. The Labute approximate surface area is 175 Å². The van der Waals surface area contributed by atoms with E-state index in [1.54, 1.807) is 13.2 Å². The molecule has 0 radical (unpaired) electrons. The molecule has 2 saturated carbocycles. The number of fused-ring (bicyclic) bond motifs is 1. The summed E-state index contributed by atoms with van der Waals surface area (Å²) in [6.07, 6.45) is 6.06. The van der Waals surface area contributed by atoms with Gasteiger partial charge in [-0.2, -0.15) is 0 Å². The standard InChI is InChI=1S/C23H29N3O4/c1-13-10-25(11-14(13)9-24-15-3-4-15)19-8-7-17-20(22(19)30-2)26(16-5-6-16)12-18(21(17)27)23(28)29/h7-8,12-16,24H,3-6,9-11H2,1-2H3,(H,28,29)/t13-,14+/m0/s1. The number of rotatable bonds is 7. The predicted octanol–water partition coefficient (Wildman–Crippen LogP) is 2.87. The molecule has 160 valence electrons. The highest BCUT2D eigenvalue weighted by atomic mass is 16.5. The molecule has 3 aliphatic rings. The predicted molar refractivity (Wildman–Crippen MR) is 116 cm³/mol. The number of nitrogens with zero attached hydrogens (tertiary/aromatic N) is 2. The number of aromatic carboxylic acids is 1. The first kappa shape index (κ1) is 19.4. The zero-order valence-corrected chi connectivity index (χ0v) is 17.6. The van der Waals surface area contributed by atoms with Gasteiger partial charge < -0.3 is 24.6 Å². The van der Waals surface area contributed by atoms with Crippen molar-refractivity contribution in [2.75, 3.05) is 31.6 Å². The number of carboxylic acids is 1. The molecule has 1 aromatic carbocycles. The van der Waals surface area contributed by atoms with E-state index in [0.29, 0.717) is 29.0 Å². The van der Waals surface area contributed by atoms with Crippen LogP contribution in [0.25, 0.3) is 10.9 Å². The Kier molecular flexibility index (Phi) is 4.73. The summed E-state index contributed by atoms with van der Waals surface area (Å²) in [7, 11) is 1.64. The second kappa shape index (κ2) is 7.30. The molecule has 2 aliphatic carbocycles.